The van der Waals surface area contributed by atoms with E-state index in [-0.39, 0.29) is 12.1 Å². The first kappa shape index (κ1) is 15.2. The summed E-state index contributed by atoms with van der Waals surface area (Å²) in [5.74, 6) is 0. The van der Waals surface area contributed by atoms with Crippen LogP contribution in [0, 0.1) is 0 Å². The molecule has 126 valence electrons. The maximum Gasteiger partial charge on any atom is 0.317 e. The number of hydrogen-bond donors (Lipinski definition) is 1. The van der Waals surface area contributed by atoms with Crippen molar-refractivity contribution in [1.82, 2.24) is 19.8 Å². The fourth-order valence-electron chi connectivity index (χ4n) is 4.08. The number of nitrogens with one attached hydrogen (secondary N) is 1. The third-order valence-electron chi connectivity index (χ3n) is 5.49. The number of carbonyl (C=O) groups is 1. The molecule has 1 aromatic heterocycles. The van der Waals surface area contributed by atoms with Gasteiger partial charge in [-0.15, -0.1) is 0 Å². The summed E-state index contributed by atoms with van der Waals surface area (Å²) in [5.41, 5.74) is 3.61. The van der Waals surface area contributed by atoms with Crippen molar-refractivity contribution in [1.29, 1.82) is 0 Å². The topological polar surface area (TPSA) is 50.2 Å². The van der Waals surface area contributed by atoms with Crippen molar-refractivity contribution >= 4 is 6.03 Å². The molecule has 1 aliphatic carbocycles. The highest BCUT2D eigenvalue weighted by Crippen LogP contribution is 2.38. The quantitative estimate of drug-likeness (QED) is 0.940. The van der Waals surface area contributed by atoms with Gasteiger partial charge in [0.05, 0.1) is 24.3 Å². The molecule has 1 aliphatic heterocycles. The highest BCUT2D eigenvalue weighted by Gasteiger charge is 2.29. The molecule has 1 saturated carbocycles. The normalized spacial score (nSPS) is 19.6. The molecular weight excluding hydrogens is 300 g/mol. The summed E-state index contributed by atoms with van der Waals surface area (Å²) in [4.78, 5) is 18.7. The van der Waals surface area contributed by atoms with Crippen molar-refractivity contribution in [2.24, 2.45) is 0 Å². The van der Waals surface area contributed by atoms with Gasteiger partial charge in [0.1, 0.15) is 0 Å². The van der Waals surface area contributed by atoms with Gasteiger partial charge in [0.25, 0.3) is 0 Å². The van der Waals surface area contributed by atoms with E-state index in [2.05, 4.69) is 33.1 Å². The summed E-state index contributed by atoms with van der Waals surface area (Å²) >= 11 is 0. The first-order valence-corrected chi connectivity index (χ1v) is 8.87. The number of aromatic nitrogens is 2. The maximum absolute atomic E-state index is 12.6. The van der Waals surface area contributed by atoms with Crippen LogP contribution >= 0.6 is 0 Å². The first-order valence-electron chi connectivity index (χ1n) is 8.87. The SMILES string of the molecule is CN(C(=O)NC[C@H]1c2ccccc2-c2cncn21)C1CCCCC1. The van der Waals surface area contributed by atoms with E-state index >= 15 is 0 Å². The molecule has 2 heterocycles. The molecular formula is C19H24N4O. The van der Waals surface area contributed by atoms with Crippen molar-refractivity contribution in [3.8, 4) is 11.3 Å². The molecule has 1 N–H and O–H groups in total. The highest BCUT2D eigenvalue weighted by molar-refractivity contribution is 5.75. The number of rotatable bonds is 3. The van der Waals surface area contributed by atoms with E-state index in [1.165, 1.54) is 30.4 Å². The molecule has 1 atom stereocenters. The molecule has 2 aromatic rings. The molecule has 2 aliphatic rings. The van der Waals surface area contributed by atoms with Crippen LogP contribution < -0.4 is 5.32 Å². The van der Waals surface area contributed by atoms with Gasteiger partial charge in [-0.1, -0.05) is 43.5 Å². The lowest BCUT2D eigenvalue weighted by molar-refractivity contribution is 0.173. The zero-order valence-corrected chi connectivity index (χ0v) is 14.1. The van der Waals surface area contributed by atoms with E-state index in [1.54, 1.807) is 0 Å². The van der Waals surface area contributed by atoms with Crippen LogP contribution in [0.5, 0.6) is 0 Å². The lowest BCUT2D eigenvalue weighted by Crippen LogP contribution is -2.45. The fraction of sp³-hybridized carbons (Fsp3) is 0.474. The van der Waals surface area contributed by atoms with E-state index < -0.39 is 0 Å². The average molecular weight is 324 g/mol. The Bertz CT molecular complexity index is 732. The fourth-order valence-corrected chi connectivity index (χ4v) is 4.08. The molecule has 0 bridgehead atoms. The molecule has 1 aromatic carbocycles. The van der Waals surface area contributed by atoms with Gasteiger partial charge in [-0.25, -0.2) is 9.78 Å². The van der Waals surface area contributed by atoms with Crippen LogP contribution in [0.15, 0.2) is 36.8 Å². The lowest BCUT2D eigenvalue weighted by Gasteiger charge is -2.31. The van der Waals surface area contributed by atoms with Crippen molar-refractivity contribution < 1.29 is 4.79 Å². The predicted molar refractivity (Wildman–Crippen MR) is 93.8 cm³/mol. The van der Waals surface area contributed by atoms with Crippen LogP contribution in [0.2, 0.25) is 0 Å². The molecule has 0 spiro atoms. The number of urea groups is 1. The molecule has 0 saturated heterocycles. The molecule has 0 radical (unpaired) electrons. The summed E-state index contributed by atoms with van der Waals surface area (Å²) in [6, 6.07) is 8.92. The van der Waals surface area contributed by atoms with E-state index in [4.69, 9.17) is 0 Å². The standard InChI is InChI=1S/C19H24N4O/c1-22(14-7-3-2-4-8-14)19(24)21-12-18-16-10-6-5-9-15(16)17-11-20-13-23(17)18/h5-6,9-11,13-14,18H,2-4,7-8,12H2,1H3,(H,21,24)/t18-/m0/s1. The molecule has 1 fully saturated rings. The largest absolute Gasteiger partial charge is 0.336 e. The molecule has 24 heavy (non-hydrogen) atoms. The number of amides is 2. The van der Waals surface area contributed by atoms with E-state index in [1.807, 2.05) is 30.5 Å². The molecule has 2 amide bonds. The summed E-state index contributed by atoms with van der Waals surface area (Å²) in [6.45, 7) is 0.594. The Labute approximate surface area is 142 Å². The Hall–Kier alpha value is -2.30. The Morgan fingerprint density at radius 3 is 2.92 bits per heavy atom. The van der Waals surface area contributed by atoms with Gasteiger partial charge in [-0.3, -0.25) is 0 Å². The first-order chi connectivity index (χ1) is 11.8. The number of benzene rings is 1. The monoisotopic (exact) mass is 324 g/mol. The van der Waals surface area contributed by atoms with Crippen molar-refractivity contribution in [2.45, 2.75) is 44.2 Å². The van der Waals surface area contributed by atoms with Crippen molar-refractivity contribution in [3.05, 3.63) is 42.4 Å². The van der Waals surface area contributed by atoms with Gasteiger partial charge < -0.3 is 14.8 Å². The summed E-state index contributed by atoms with van der Waals surface area (Å²) in [5, 5.41) is 3.13. The maximum atomic E-state index is 12.6. The van der Waals surface area contributed by atoms with Crippen LogP contribution in [0.4, 0.5) is 4.79 Å². The van der Waals surface area contributed by atoms with Gasteiger partial charge in [0, 0.05) is 25.2 Å². The Balaban J connectivity index is 1.45. The second-order valence-electron chi connectivity index (χ2n) is 6.88. The van der Waals surface area contributed by atoms with E-state index in [0.29, 0.717) is 12.6 Å². The second-order valence-corrected chi connectivity index (χ2v) is 6.88. The summed E-state index contributed by atoms with van der Waals surface area (Å²) in [7, 11) is 1.93. The van der Waals surface area contributed by atoms with Gasteiger partial charge >= 0.3 is 6.03 Å². The smallest absolute Gasteiger partial charge is 0.317 e. The minimum atomic E-state index is 0.0351. The second kappa shape index (κ2) is 6.30. The number of fused-ring (bicyclic) bond motifs is 3. The summed E-state index contributed by atoms with van der Waals surface area (Å²) < 4.78 is 2.16. The van der Waals surface area contributed by atoms with Crippen molar-refractivity contribution in [2.75, 3.05) is 13.6 Å². The minimum Gasteiger partial charge on any atom is -0.336 e. The number of nitrogens with zero attached hydrogens (tertiary/aromatic N) is 3. The van der Waals surface area contributed by atoms with Crippen LogP contribution in [-0.2, 0) is 0 Å². The predicted octanol–water partition coefficient (Wildman–Crippen LogP) is 3.43. The minimum absolute atomic E-state index is 0.0351. The molecule has 4 rings (SSSR count). The van der Waals surface area contributed by atoms with Gasteiger partial charge in [0.2, 0.25) is 0 Å². The zero-order chi connectivity index (χ0) is 16.5. The third kappa shape index (κ3) is 2.58. The number of hydrogen-bond acceptors (Lipinski definition) is 2. The third-order valence-corrected chi connectivity index (χ3v) is 5.49. The number of imidazole rings is 1. The Kier molecular flexibility index (Phi) is 4.00. The molecule has 5 heteroatoms. The summed E-state index contributed by atoms with van der Waals surface area (Å²) in [6.07, 6.45) is 9.77. The average Bonchev–Trinajstić information content (AvgIpc) is 3.21. The van der Waals surface area contributed by atoms with E-state index in [0.717, 1.165) is 18.5 Å². The Morgan fingerprint density at radius 2 is 2.08 bits per heavy atom. The van der Waals surface area contributed by atoms with Gasteiger partial charge in [-0.05, 0) is 18.4 Å². The molecule has 5 nitrogen and oxygen atoms in total. The van der Waals surface area contributed by atoms with Crippen molar-refractivity contribution in [3.63, 3.8) is 0 Å². The van der Waals surface area contributed by atoms with Crippen LogP contribution in [0.1, 0.15) is 43.7 Å². The number of carbonyl (C=O) groups excluding carboxylic acids is 1. The van der Waals surface area contributed by atoms with Crippen LogP contribution in [0.25, 0.3) is 11.3 Å². The van der Waals surface area contributed by atoms with Crippen LogP contribution in [-0.4, -0.2) is 40.1 Å². The van der Waals surface area contributed by atoms with Gasteiger partial charge in [-0.2, -0.15) is 0 Å². The van der Waals surface area contributed by atoms with E-state index in [9.17, 15) is 4.79 Å². The highest BCUT2D eigenvalue weighted by atomic mass is 16.2. The van der Waals surface area contributed by atoms with Gasteiger partial charge in [0.15, 0.2) is 0 Å². The lowest BCUT2D eigenvalue weighted by atomic mass is 9.95. The zero-order valence-electron chi connectivity index (χ0n) is 14.1. The Morgan fingerprint density at radius 1 is 1.29 bits per heavy atom. The van der Waals surface area contributed by atoms with Crippen LogP contribution in [0.3, 0.4) is 0 Å². The molecule has 0 unspecified atom stereocenters.